The zero-order valence-corrected chi connectivity index (χ0v) is 15.3. The van der Waals surface area contributed by atoms with E-state index in [0.717, 1.165) is 11.1 Å². The summed E-state index contributed by atoms with van der Waals surface area (Å²) < 4.78 is 10.6. The number of rotatable bonds is 8. The number of nitrogens with one attached hydrogen (secondary N) is 1. The topological polar surface area (TPSA) is 94.8 Å². The molecule has 2 N–H and O–H groups in total. The average molecular weight is 379 g/mol. The number of nitriles is 1. The maximum absolute atomic E-state index is 12.4. The Morgan fingerprint density at radius 1 is 1.18 bits per heavy atom. The Hall–Kier alpha value is -3.50. The van der Waals surface area contributed by atoms with Crippen molar-refractivity contribution in [2.45, 2.75) is 13.1 Å². The number of nitrogens with zero attached hydrogens (tertiary/aromatic N) is 2. The molecule has 0 radical (unpaired) electrons. The largest absolute Gasteiger partial charge is 0.454 e. The van der Waals surface area contributed by atoms with Crippen LogP contribution in [0.5, 0.6) is 11.5 Å². The van der Waals surface area contributed by atoms with Crippen molar-refractivity contribution < 1.29 is 19.4 Å². The predicted molar refractivity (Wildman–Crippen MR) is 102 cm³/mol. The molecule has 2 aromatic rings. The fourth-order valence-electron chi connectivity index (χ4n) is 2.78. The Labute approximate surface area is 163 Å². The lowest BCUT2D eigenvalue weighted by atomic mass is 10.2. The summed E-state index contributed by atoms with van der Waals surface area (Å²) in [5.41, 5.74) is 1.83. The third-order valence-corrected chi connectivity index (χ3v) is 4.18. The number of aliphatic hydroxyl groups excluding tert-OH is 1. The van der Waals surface area contributed by atoms with Crippen LogP contribution in [0.25, 0.3) is 0 Å². The van der Waals surface area contributed by atoms with E-state index in [2.05, 4.69) is 5.32 Å². The molecule has 3 rings (SSSR count). The molecule has 7 nitrogen and oxygen atoms in total. The zero-order chi connectivity index (χ0) is 19.8. The van der Waals surface area contributed by atoms with Gasteiger partial charge in [-0.25, -0.2) is 0 Å². The number of fused-ring (bicyclic) bond motifs is 1. The molecule has 7 heteroatoms. The van der Waals surface area contributed by atoms with Crippen LogP contribution in [-0.4, -0.2) is 35.9 Å². The minimum atomic E-state index is -0.476. The van der Waals surface area contributed by atoms with E-state index in [0.29, 0.717) is 24.6 Å². The molecule has 1 heterocycles. The summed E-state index contributed by atoms with van der Waals surface area (Å²) in [6.07, 6.45) is 1.48. The van der Waals surface area contributed by atoms with Gasteiger partial charge in [0.1, 0.15) is 11.6 Å². The highest BCUT2D eigenvalue weighted by Crippen LogP contribution is 2.32. The maximum atomic E-state index is 12.4. The van der Waals surface area contributed by atoms with Crippen LogP contribution in [0.4, 0.5) is 0 Å². The summed E-state index contributed by atoms with van der Waals surface area (Å²) >= 11 is 0. The number of benzene rings is 2. The highest BCUT2D eigenvalue weighted by Gasteiger charge is 2.15. The Morgan fingerprint density at radius 3 is 2.71 bits per heavy atom. The van der Waals surface area contributed by atoms with Gasteiger partial charge in [0.25, 0.3) is 5.91 Å². The van der Waals surface area contributed by atoms with Crippen molar-refractivity contribution in [1.29, 1.82) is 5.26 Å². The third kappa shape index (κ3) is 5.02. The monoisotopic (exact) mass is 379 g/mol. The molecule has 0 aliphatic carbocycles. The first kappa shape index (κ1) is 19.3. The molecule has 0 aromatic heterocycles. The fraction of sp³-hybridized carbons (Fsp3) is 0.238. The van der Waals surface area contributed by atoms with Crippen molar-refractivity contribution in [2.24, 2.45) is 0 Å². The molecule has 0 unspecified atom stereocenters. The van der Waals surface area contributed by atoms with Crippen LogP contribution in [0.3, 0.4) is 0 Å². The predicted octanol–water partition coefficient (Wildman–Crippen LogP) is 1.93. The van der Waals surface area contributed by atoms with E-state index in [4.69, 9.17) is 9.47 Å². The number of hydrogen-bond acceptors (Lipinski definition) is 6. The van der Waals surface area contributed by atoms with Gasteiger partial charge in [-0.1, -0.05) is 36.4 Å². The van der Waals surface area contributed by atoms with Gasteiger partial charge >= 0.3 is 0 Å². The summed E-state index contributed by atoms with van der Waals surface area (Å²) in [6, 6.07) is 17.0. The van der Waals surface area contributed by atoms with Gasteiger partial charge in [0.05, 0.1) is 6.61 Å². The molecule has 144 valence electrons. The highest BCUT2D eigenvalue weighted by molar-refractivity contribution is 5.97. The molecular weight excluding hydrogens is 358 g/mol. The van der Waals surface area contributed by atoms with Gasteiger partial charge in [-0.3, -0.25) is 4.79 Å². The smallest absolute Gasteiger partial charge is 0.263 e. The van der Waals surface area contributed by atoms with Gasteiger partial charge in [-0.05, 0) is 23.3 Å². The standard InChI is InChI=1S/C21H21N3O4/c22-11-18(14-24(8-9-25)13-16-4-2-1-3-5-16)21(26)23-12-17-6-7-19-20(10-17)28-15-27-19/h1-7,10,14,25H,8-9,12-13,15H2,(H,23,26)/b18-14-. The molecule has 1 aliphatic rings. The van der Waals surface area contributed by atoms with Crippen molar-refractivity contribution in [3.05, 3.63) is 71.4 Å². The Bertz CT molecular complexity index is 890. The first-order chi connectivity index (χ1) is 13.7. The summed E-state index contributed by atoms with van der Waals surface area (Å²) in [7, 11) is 0. The second-order valence-electron chi connectivity index (χ2n) is 6.20. The second kappa shape index (κ2) is 9.44. The van der Waals surface area contributed by atoms with Gasteiger partial charge in [0.15, 0.2) is 11.5 Å². The first-order valence-corrected chi connectivity index (χ1v) is 8.87. The molecule has 0 bridgehead atoms. The number of aliphatic hydroxyl groups is 1. The number of hydrogen-bond donors (Lipinski definition) is 2. The van der Waals surface area contributed by atoms with Crippen molar-refractivity contribution in [1.82, 2.24) is 10.2 Å². The average Bonchev–Trinajstić information content (AvgIpc) is 3.19. The van der Waals surface area contributed by atoms with E-state index in [9.17, 15) is 15.2 Å². The van der Waals surface area contributed by atoms with Crippen LogP contribution in [0.15, 0.2) is 60.3 Å². The third-order valence-electron chi connectivity index (χ3n) is 4.18. The van der Waals surface area contributed by atoms with E-state index in [1.807, 2.05) is 42.5 Å². The van der Waals surface area contributed by atoms with Crippen molar-refractivity contribution in [3.8, 4) is 17.6 Å². The molecule has 1 aliphatic heterocycles. The SMILES string of the molecule is N#C/C(=C/N(CCO)Cc1ccccc1)C(=O)NCc1ccc2c(c1)OCO2. The van der Waals surface area contributed by atoms with E-state index in [1.165, 1.54) is 6.20 Å². The van der Waals surface area contributed by atoms with Crippen LogP contribution in [-0.2, 0) is 17.9 Å². The van der Waals surface area contributed by atoms with E-state index in [1.54, 1.807) is 17.0 Å². The lowest BCUT2D eigenvalue weighted by Gasteiger charge is -2.20. The van der Waals surface area contributed by atoms with Crippen LogP contribution < -0.4 is 14.8 Å². The molecule has 2 aromatic carbocycles. The summed E-state index contributed by atoms with van der Waals surface area (Å²) in [4.78, 5) is 14.2. The van der Waals surface area contributed by atoms with Crippen molar-refractivity contribution >= 4 is 5.91 Å². The quantitative estimate of drug-likeness (QED) is 0.538. The summed E-state index contributed by atoms with van der Waals surface area (Å²) in [5, 5.41) is 21.4. The lowest BCUT2D eigenvalue weighted by molar-refractivity contribution is -0.117. The minimum absolute atomic E-state index is 0.0230. The fourth-order valence-corrected chi connectivity index (χ4v) is 2.78. The molecule has 0 spiro atoms. The maximum Gasteiger partial charge on any atom is 0.263 e. The first-order valence-electron chi connectivity index (χ1n) is 8.87. The second-order valence-corrected chi connectivity index (χ2v) is 6.20. The van der Waals surface area contributed by atoms with Crippen LogP contribution in [0.1, 0.15) is 11.1 Å². The van der Waals surface area contributed by atoms with Gasteiger partial charge in [0.2, 0.25) is 6.79 Å². The zero-order valence-electron chi connectivity index (χ0n) is 15.3. The Kier molecular flexibility index (Phi) is 6.50. The minimum Gasteiger partial charge on any atom is -0.454 e. The highest BCUT2D eigenvalue weighted by atomic mass is 16.7. The van der Waals surface area contributed by atoms with Crippen molar-refractivity contribution in [3.63, 3.8) is 0 Å². The van der Waals surface area contributed by atoms with Gasteiger partial charge in [-0.15, -0.1) is 0 Å². The van der Waals surface area contributed by atoms with Crippen LogP contribution in [0.2, 0.25) is 0 Å². The normalized spacial score (nSPS) is 12.4. The molecule has 28 heavy (non-hydrogen) atoms. The number of amides is 1. The Balaban J connectivity index is 1.64. The molecule has 0 fully saturated rings. The lowest BCUT2D eigenvalue weighted by Crippen LogP contribution is -2.27. The van der Waals surface area contributed by atoms with Gasteiger partial charge in [-0.2, -0.15) is 5.26 Å². The molecule has 0 saturated heterocycles. The van der Waals surface area contributed by atoms with E-state index in [-0.39, 0.29) is 25.5 Å². The summed E-state index contributed by atoms with van der Waals surface area (Å²) in [5.74, 6) is 0.837. The molecule has 0 atom stereocenters. The number of carbonyl (C=O) groups excluding carboxylic acids is 1. The van der Waals surface area contributed by atoms with Crippen molar-refractivity contribution in [2.75, 3.05) is 19.9 Å². The van der Waals surface area contributed by atoms with Crippen LogP contribution >= 0.6 is 0 Å². The number of carbonyl (C=O) groups is 1. The Morgan fingerprint density at radius 2 is 1.96 bits per heavy atom. The number of ether oxygens (including phenoxy) is 2. The van der Waals surface area contributed by atoms with E-state index >= 15 is 0 Å². The van der Waals surface area contributed by atoms with E-state index < -0.39 is 5.91 Å². The van der Waals surface area contributed by atoms with Crippen LogP contribution in [0, 0.1) is 11.3 Å². The van der Waals surface area contributed by atoms with Gasteiger partial charge in [0, 0.05) is 25.8 Å². The molecule has 0 saturated carbocycles. The summed E-state index contributed by atoms with van der Waals surface area (Å²) in [6.45, 7) is 1.17. The van der Waals surface area contributed by atoms with Gasteiger partial charge < -0.3 is 24.8 Å². The molecular formula is C21H21N3O4. The molecule has 1 amide bonds.